The second kappa shape index (κ2) is 9.89. The van der Waals surface area contributed by atoms with Crippen LogP contribution in [0.25, 0.3) is 21.5 Å². The van der Waals surface area contributed by atoms with Crippen LogP contribution in [0.1, 0.15) is 29.4 Å². The Hall–Kier alpha value is -2.29. The molecule has 0 radical (unpaired) electrons. The molecule has 0 unspecified atom stereocenters. The van der Waals surface area contributed by atoms with Crippen molar-refractivity contribution in [1.29, 1.82) is 0 Å². The monoisotopic (exact) mass is 443 g/mol. The summed E-state index contributed by atoms with van der Waals surface area (Å²) in [6, 6.07) is 8.44. The van der Waals surface area contributed by atoms with Crippen LogP contribution in [-0.2, 0) is 7.05 Å². The minimum absolute atomic E-state index is 0.0755. The summed E-state index contributed by atoms with van der Waals surface area (Å²) in [5.41, 5.74) is 1.03. The molecule has 8 heteroatoms. The molecule has 31 heavy (non-hydrogen) atoms. The van der Waals surface area contributed by atoms with E-state index in [4.69, 9.17) is 0 Å². The van der Waals surface area contributed by atoms with Gasteiger partial charge in [-0.2, -0.15) is 5.10 Å². The molecule has 0 spiro atoms. The van der Waals surface area contributed by atoms with Gasteiger partial charge in [0.25, 0.3) is 5.91 Å². The number of piperazine rings is 1. The number of nitrogens with one attached hydrogen (secondary N) is 1. The smallest absolute Gasteiger partial charge is 0.261 e. The number of hydrogen-bond acceptors (Lipinski definition) is 5. The highest BCUT2D eigenvalue weighted by Crippen LogP contribution is 2.34. The van der Waals surface area contributed by atoms with E-state index in [0.29, 0.717) is 22.7 Å². The van der Waals surface area contributed by atoms with Gasteiger partial charge in [0, 0.05) is 50.7 Å². The molecule has 1 saturated heterocycles. The number of carbonyl (C=O) groups excluding carboxylic acids is 1. The van der Waals surface area contributed by atoms with Crippen LogP contribution in [0.4, 0.5) is 4.39 Å². The molecule has 1 fully saturated rings. The van der Waals surface area contributed by atoms with Gasteiger partial charge in [0.05, 0.1) is 4.88 Å². The second-order valence-electron chi connectivity index (χ2n) is 8.07. The third-order valence-corrected chi connectivity index (χ3v) is 7.01. The van der Waals surface area contributed by atoms with Crippen molar-refractivity contribution in [2.45, 2.75) is 19.8 Å². The number of rotatable bonds is 8. The van der Waals surface area contributed by atoms with Gasteiger partial charge in [0.2, 0.25) is 0 Å². The Labute approximate surface area is 186 Å². The van der Waals surface area contributed by atoms with Gasteiger partial charge in [-0.25, -0.2) is 4.39 Å². The predicted molar refractivity (Wildman–Crippen MR) is 124 cm³/mol. The number of amides is 1. The van der Waals surface area contributed by atoms with Gasteiger partial charge < -0.3 is 15.1 Å². The minimum Gasteiger partial charge on any atom is -0.351 e. The van der Waals surface area contributed by atoms with Crippen molar-refractivity contribution < 1.29 is 9.18 Å². The van der Waals surface area contributed by atoms with Gasteiger partial charge in [-0.15, -0.1) is 11.3 Å². The van der Waals surface area contributed by atoms with Gasteiger partial charge in [0.15, 0.2) is 0 Å². The number of halogens is 1. The third kappa shape index (κ3) is 4.97. The molecule has 0 bridgehead atoms. The minimum atomic E-state index is -0.310. The summed E-state index contributed by atoms with van der Waals surface area (Å²) in [7, 11) is 1.82. The molecule has 4 rings (SSSR count). The molecule has 0 aliphatic carbocycles. The number of fused-ring (bicyclic) bond motifs is 1. The molecular weight excluding hydrogens is 413 g/mol. The summed E-state index contributed by atoms with van der Waals surface area (Å²) >= 11 is 1.39. The summed E-state index contributed by atoms with van der Waals surface area (Å²) in [5, 5.41) is 8.32. The molecule has 0 atom stereocenters. The Morgan fingerprint density at radius 2 is 1.87 bits per heavy atom. The fourth-order valence-electron chi connectivity index (χ4n) is 4.15. The number of hydrogen-bond donors (Lipinski definition) is 1. The van der Waals surface area contributed by atoms with Crippen LogP contribution < -0.4 is 5.32 Å². The van der Waals surface area contributed by atoms with E-state index in [0.717, 1.165) is 49.4 Å². The molecule has 1 aliphatic rings. The first-order chi connectivity index (χ1) is 15.1. The van der Waals surface area contributed by atoms with Crippen molar-refractivity contribution in [3.63, 3.8) is 0 Å². The van der Waals surface area contributed by atoms with E-state index >= 15 is 0 Å². The Balaban J connectivity index is 1.33. The van der Waals surface area contributed by atoms with Gasteiger partial charge in [-0.3, -0.25) is 9.48 Å². The van der Waals surface area contributed by atoms with Crippen LogP contribution in [0.2, 0.25) is 0 Å². The maximum Gasteiger partial charge on any atom is 0.261 e. The summed E-state index contributed by atoms with van der Waals surface area (Å²) in [6.07, 6.45) is 2.15. The first-order valence-electron chi connectivity index (χ1n) is 11.0. The molecular formula is C23H30FN5OS. The standard InChI is InChI=1S/C23H30FN5OS/c1-3-10-28-12-14-29(15-13-28)11-6-9-25-22(30)20-16-18-21(26-27(2)23(18)31-20)17-7-4-5-8-19(17)24/h4-5,7-8,16H,3,6,9-15H2,1-2H3,(H,25,30). The van der Waals surface area contributed by atoms with E-state index in [1.54, 1.807) is 22.9 Å². The number of aryl methyl sites for hydroxylation is 1. The predicted octanol–water partition coefficient (Wildman–Crippen LogP) is 3.59. The lowest BCUT2D eigenvalue weighted by Gasteiger charge is -2.34. The van der Waals surface area contributed by atoms with Crippen molar-refractivity contribution >= 4 is 27.5 Å². The van der Waals surface area contributed by atoms with Crippen LogP contribution in [-0.4, -0.2) is 71.3 Å². The van der Waals surface area contributed by atoms with Crippen LogP contribution >= 0.6 is 11.3 Å². The van der Waals surface area contributed by atoms with Gasteiger partial charge in [-0.1, -0.05) is 19.1 Å². The molecule has 0 saturated carbocycles. The fraction of sp³-hybridized carbons (Fsp3) is 0.478. The summed E-state index contributed by atoms with van der Waals surface area (Å²) in [6.45, 7) is 9.57. The van der Waals surface area contributed by atoms with Gasteiger partial charge in [0.1, 0.15) is 16.3 Å². The molecule has 1 N–H and O–H groups in total. The fourth-order valence-corrected chi connectivity index (χ4v) is 5.14. The molecule has 166 valence electrons. The van der Waals surface area contributed by atoms with Crippen molar-refractivity contribution in [2.75, 3.05) is 45.8 Å². The number of carbonyl (C=O) groups is 1. The summed E-state index contributed by atoms with van der Waals surface area (Å²) in [4.78, 5) is 19.2. The normalized spacial score (nSPS) is 15.6. The highest BCUT2D eigenvalue weighted by atomic mass is 32.1. The molecule has 3 aromatic rings. The third-order valence-electron chi connectivity index (χ3n) is 5.81. The quantitative estimate of drug-likeness (QED) is 0.541. The molecule has 1 aliphatic heterocycles. The zero-order valence-electron chi connectivity index (χ0n) is 18.2. The van der Waals surface area contributed by atoms with E-state index < -0.39 is 0 Å². The van der Waals surface area contributed by atoms with E-state index in [1.807, 2.05) is 13.1 Å². The summed E-state index contributed by atoms with van der Waals surface area (Å²) in [5.74, 6) is -0.385. The number of nitrogens with zero attached hydrogens (tertiary/aromatic N) is 4. The topological polar surface area (TPSA) is 53.4 Å². The van der Waals surface area contributed by atoms with Crippen LogP contribution in [0.3, 0.4) is 0 Å². The Morgan fingerprint density at radius 1 is 1.16 bits per heavy atom. The van der Waals surface area contributed by atoms with Crippen molar-refractivity contribution in [3.8, 4) is 11.3 Å². The van der Waals surface area contributed by atoms with Crippen molar-refractivity contribution in [3.05, 3.63) is 41.0 Å². The van der Waals surface area contributed by atoms with Crippen molar-refractivity contribution in [1.82, 2.24) is 24.9 Å². The lowest BCUT2D eigenvalue weighted by molar-refractivity contribution is 0.0952. The second-order valence-corrected chi connectivity index (χ2v) is 9.10. The molecule has 1 amide bonds. The molecule has 3 heterocycles. The lowest BCUT2D eigenvalue weighted by Crippen LogP contribution is -2.47. The first-order valence-corrected chi connectivity index (χ1v) is 11.8. The van der Waals surface area contributed by atoms with Crippen LogP contribution in [0.15, 0.2) is 30.3 Å². The Morgan fingerprint density at radius 3 is 2.58 bits per heavy atom. The highest BCUT2D eigenvalue weighted by molar-refractivity contribution is 7.20. The molecule has 2 aromatic heterocycles. The SMILES string of the molecule is CCCN1CCN(CCCNC(=O)c2cc3c(-c4ccccc4F)nn(C)c3s2)CC1. The summed E-state index contributed by atoms with van der Waals surface area (Å²) < 4.78 is 16.0. The lowest BCUT2D eigenvalue weighted by atomic mass is 10.1. The van der Waals surface area contributed by atoms with Gasteiger partial charge in [-0.05, 0) is 44.1 Å². The Kier molecular flexibility index (Phi) is 6.99. The van der Waals surface area contributed by atoms with E-state index in [9.17, 15) is 9.18 Å². The molecule has 1 aromatic carbocycles. The Bertz CT molecular complexity index is 1040. The van der Waals surface area contributed by atoms with Crippen molar-refractivity contribution in [2.24, 2.45) is 7.05 Å². The van der Waals surface area contributed by atoms with Crippen LogP contribution in [0, 0.1) is 5.82 Å². The number of thiophene rings is 1. The number of aromatic nitrogens is 2. The van der Waals surface area contributed by atoms with E-state index in [-0.39, 0.29) is 11.7 Å². The van der Waals surface area contributed by atoms with Crippen LogP contribution in [0.5, 0.6) is 0 Å². The van der Waals surface area contributed by atoms with E-state index in [2.05, 4.69) is 27.1 Å². The van der Waals surface area contributed by atoms with E-state index in [1.165, 1.54) is 30.4 Å². The number of benzene rings is 1. The maximum absolute atomic E-state index is 14.3. The zero-order chi connectivity index (χ0) is 21.8. The largest absolute Gasteiger partial charge is 0.351 e. The average Bonchev–Trinajstić information content (AvgIpc) is 3.34. The average molecular weight is 444 g/mol. The highest BCUT2D eigenvalue weighted by Gasteiger charge is 2.20. The molecule has 6 nitrogen and oxygen atoms in total. The van der Waals surface area contributed by atoms with Gasteiger partial charge >= 0.3 is 0 Å². The maximum atomic E-state index is 14.3. The first kappa shape index (κ1) is 21.9. The zero-order valence-corrected chi connectivity index (χ0v) is 19.1.